The summed E-state index contributed by atoms with van der Waals surface area (Å²) >= 11 is 3.60. The van der Waals surface area contributed by atoms with Gasteiger partial charge in [0.1, 0.15) is 5.75 Å². The molecule has 0 atom stereocenters. The van der Waals surface area contributed by atoms with Crippen molar-refractivity contribution in [2.75, 3.05) is 6.61 Å². The molecule has 0 unspecified atom stereocenters. The van der Waals surface area contributed by atoms with E-state index in [0.717, 1.165) is 20.4 Å². The molecule has 26 heavy (non-hydrogen) atoms. The van der Waals surface area contributed by atoms with Crippen molar-refractivity contribution in [3.05, 3.63) is 72.6 Å². The summed E-state index contributed by atoms with van der Waals surface area (Å²) in [4.78, 5) is 17.7. The summed E-state index contributed by atoms with van der Waals surface area (Å²) in [6.45, 7) is 2.57. The third-order valence-electron chi connectivity index (χ3n) is 3.77. The summed E-state index contributed by atoms with van der Waals surface area (Å²) in [5.41, 5.74) is 1.69. The Morgan fingerprint density at radius 3 is 2.54 bits per heavy atom. The minimum Gasteiger partial charge on any atom is -0.494 e. The van der Waals surface area contributed by atoms with Crippen LogP contribution in [0.2, 0.25) is 0 Å². The van der Waals surface area contributed by atoms with Crippen LogP contribution in [0.4, 0.5) is 0 Å². The van der Waals surface area contributed by atoms with Gasteiger partial charge in [0.15, 0.2) is 5.82 Å². The van der Waals surface area contributed by atoms with E-state index < -0.39 is 0 Å². The second kappa shape index (κ2) is 7.16. The fourth-order valence-electron chi connectivity index (χ4n) is 2.53. The maximum atomic E-state index is 12.6. The van der Waals surface area contributed by atoms with Crippen molar-refractivity contribution in [1.82, 2.24) is 14.6 Å². The highest BCUT2D eigenvalue weighted by molar-refractivity contribution is 14.1. The van der Waals surface area contributed by atoms with Gasteiger partial charge in [-0.1, -0.05) is 23.5 Å². The number of thiazole rings is 1. The molecule has 0 aliphatic heterocycles. The van der Waals surface area contributed by atoms with Gasteiger partial charge in [-0.2, -0.15) is 9.50 Å². The van der Waals surface area contributed by atoms with Crippen LogP contribution in [0.3, 0.4) is 0 Å². The van der Waals surface area contributed by atoms with Crippen molar-refractivity contribution in [3.63, 3.8) is 0 Å². The summed E-state index contributed by atoms with van der Waals surface area (Å²) < 4.78 is 8.59. The minimum absolute atomic E-state index is 0.145. The Bertz CT molecular complexity index is 1160. The summed E-state index contributed by atoms with van der Waals surface area (Å²) in [6, 6.07) is 15.5. The second-order valence-electron chi connectivity index (χ2n) is 5.55. The quantitative estimate of drug-likeness (QED) is 0.425. The first-order chi connectivity index (χ1) is 12.6. The van der Waals surface area contributed by atoms with Crippen molar-refractivity contribution in [2.24, 2.45) is 0 Å². The lowest BCUT2D eigenvalue weighted by Gasteiger charge is -2.02. The van der Waals surface area contributed by atoms with E-state index in [1.165, 1.54) is 15.9 Å². The average Bonchev–Trinajstić information content (AvgIpc) is 3.18. The number of hydrogen-bond donors (Lipinski definition) is 0. The topological polar surface area (TPSA) is 56.5 Å². The molecule has 0 aliphatic carbocycles. The Labute approximate surface area is 167 Å². The Kier molecular flexibility index (Phi) is 4.73. The van der Waals surface area contributed by atoms with E-state index in [1.54, 1.807) is 0 Å². The van der Waals surface area contributed by atoms with Crippen LogP contribution in [0.25, 0.3) is 22.4 Å². The average molecular weight is 475 g/mol. The molecule has 0 N–H and O–H groups in total. The van der Waals surface area contributed by atoms with Crippen LogP contribution in [0.15, 0.2) is 53.3 Å². The molecule has 0 saturated heterocycles. The highest BCUT2D eigenvalue weighted by Gasteiger charge is 2.12. The van der Waals surface area contributed by atoms with Gasteiger partial charge in [-0.05, 0) is 77.6 Å². The molecule has 0 amide bonds. The van der Waals surface area contributed by atoms with E-state index in [2.05, 4.69) is 32.7 Å². The van der Waals surface area contributed by atoms with E-state index in [4.69, 9.17) is 4.74 Å². The predicted octanol–water partition coefficient (Wildman–Crippen LogP) is 3.37. The Balaban J connectivity index is 1.71. The summed E-state index contributed by atoms with van der Waals surface area (Å²) in [6.07, 6.45) is 1.87. The molecule has 0 saturated carbocycles. The van der Waals surface area contributed by atoms with Crippen LogP contribution < -0.4 is 14.8 Å². The van der Waals surface area contributed by atoms with Crippen LogP contribution in [-0.2, 0) is 0 Å². The van der Waals surface area contributed by atoms with Crippen molar-refractivity contribution in [1.29, 1.82) is 0 Å². The number of aromatic nitrogens is 3. The first-order valence-corrected chi connectivity index (χ1v) is 9.93. The van der Waals surface area contributed by atoms with E-state index in [0.29, 0.717) is 21.9 Å². The Hall–Kier alpha value is -2.26. The zero-order valence-electron chi connectivity index (χ0n) is 13.8. The number of rotatable bonds is 4. The molecule has 2 aromatic heterocycles. The molecular weight excluding hydrogens is 461 g/mol. The fraction of sp³-hybridized carbons (Fsp3) is 0.105. The molecule has 4 aromatic rings. The normalized spacial score (nSPS) is 12.0. The number of halogens is 1. The maximum absolute atomic E-state index is 12.6. The minimum atomic E-state index is -0.145. The molecule has 0 bridgehead atoms. The Morgan fingerprint density at radius 1 is 1.15 bits per heavy atom. The van der Waals surface area contributed by atoms with Gasteiger partial charge in [0, 0.05) is 9.13 Å². The number of ether oxygens (including phenoxy) is 1. The number of nitrogens with zero attached hydrogens (tertiary/aromatic N) is 3. The number of fused-ring (bicyclic) bond motifs is 1. The molecule has 5 nitrogen and oxygen atoms in total. The zero-order chi connectivity index (χ0) is 18.1. The highest BCUT2D eigenvalue weighted by atomic mass is 127. The van der Waals surface area contributed by atoms with Crippen LogP contribution >= 0.6 is 33.9 Å². The van der Waals surface area contributed by atoms with Crippen molar-refractivity contribution < 1.29 is 4.74 Å². The molecule has 0 spiro atoms. The number of hydrogen-bond acceptors (Lipinski definition) is 5. The van der Waals surface area contributed by atoms with Gasteiger partial charge < -0.3 is 4.74 Å². The van der Waals surface area contributed by atoms with Gasteiger partial charge in [0.25, 0.3) is 5.56 Å². The van der Waals surface area contributed by atoms with Gasteiger partial charge in [-0.25, -0.2) is 0 Å². The largest absolute Gasteiger partial charge is 0.494 e. The van der Waals surface area contributed by atoms with Gasteiger partial charge in [0.05, 0.1) is 11.1 Å². The van der Waals surface area contributed by atoms with Gasteiger partial charge in [-0.3, -0.25) is 4.79 Å². The lowest BCUT2D eigenvalue weighted by atomic mass is 10.2. The van der Waals surface area contributed by atoms with Crippen LogP contribution in [0.5, 0.6) is 5.75 Å². The van der Waals surface area contributed by atoms with Gasteiger partial charge in [0.2, 0.25) is 4.96 Å². The predicted molar refractivity (Wildman–Crippen MR) is 112 cm³/mol. The highest BCUT2D eigenvalue weighted by Crippen LogP contribution is 2.20. The third-order valence-corrected chi connectivity index (χ3v) is 5.45. The van der Waals surface area contributed by atoms with E-state index in [1.807, 2.05) is 61.5 Å². The van der Waals surface area contributed by atoms with Gasteiger partial charge in [-0.15, -0.1) is 5.10 Å². The SMILES string of the molecule is CCOc1ccc(-c2nc3sc(=Cc4ccc(I)cc4)c(=O)n3n2)cc1. The molecule has 0 radical (unpaired) electrons. The monoisotopic (exact) mass is 475 g/mol. The summed E-state index contributed by atoms with van der Waals surface area (Å²) in [5, 5.41) is 4.38. The lowest BCUT2D eigenvalue weighted by molar-refractivity contribution is 0.340. The standard InChI is InChI=1S/C19H14IN3O2S/c1-2-25-15-9-5-13(6-10-15)17-21-19-23(22-17)18(24)16(26-19)11-12-3-7-14(20)8-4-12/h3-11H,2H2,1H3. The van der Waals surface area contributed by atoms with Crippen molar-refractivity contribution in [3.8, 4) is 17.1 Å². The lowest BCUT2D eigenvalue weighted by Crippen LogP contribution is -2.23. The number of benzene rings is 2. The van der Waals surface area contributed by atoms with E-state index >= 15 is 0 Å². The van der Waals surface area contributed by atoms with E-state index in [9.17, 15) is 4.79 Å². The van der Waals surface area contributed by atoms with Crippen LogP contribution in [0.1, 0.15) is 12.5 Å². The maximum Gasteiger partial charge on any atom is 0.291 e. The molecule has 4 rings (SSSR count). The van der Waals surface area contributed by atoms with Crippen molar-refractivity contribution >= 4 is 45.0 Å². The first kappa shape index (κ1) is 17.2. The van der Waals surface area contributed by atoms with Crippen LogP contribution in [-0.4, -0.2) is 21.2 Å². The molecule has 0 aliphatic rings. The molecule has 0 fully saturated rings. The van der Waals surface area contributed by atoms with Crippen molar-refractivity contribution in [2.45, 2.75) is 6.92 Å². The van der Waals surface area contributed by atoms with Crippen LogP contribution in [0, 0.1) is 3.57 Å². The molecule has 130 valence electrons. The summed E-state index contributed by atoms with van der Waals surface area (Å²) in [5.74, 6) is 1.34. The fourth-order valence-corrected chi connectivity index (χ4v) is 3.80. The summed E-state index contributed by atoms with van der Waals surface area (Å²) in [7, 11) is 0. The molecule has 2 heterocycles. The first-order valence-electron chi connectivity index (χ1n) is 8.04. The molecular formula is C19H14IN3O2S. The van der Waals surface area contributed by atoms with E-state index in [-0.39, 0.29) is 5.56 Å². The Morgan fingerprint density at radius 2 is 1.88 bits per heavy atom. The molecule has 7 heteroatoms. The second-order valence-corrected chi connectivity index (χ2v) is 7.81. The third kappa shape index (κ3) is 3.36. The zero-order valence-corrected chi connectivity index (χ0v) is 16.8. The smallest absolute Gasteiger partial charge is 0.291 e. The van der Waals surface area contributed by atoms with Gasteiger partial charge >= 0.3 is 0 Å². The molecule has 2 aromatic carbocycles.